The first kappa shape index (κ1) is 36.1. The van der Waals surface area contributed by atoms with Gasteiger partial charge in [0.15, 0.2) is 9.84 Å². The van der Waals surface area contributed by atoms with Gasteiger partial charge in [0.05, 0.1) is 34.9 Å². The van der Waals surface area contributed by atoms with Crippen LogP contribution in [0.1, 0.15) is 60.5 Å². The number of nitrogens with one attached hydrogen (secondary N) is 1. The maximum Gasteiger partial charge on any atom is 0.469 e. The van der Waals surface area contributed by atoms with Crippen molar-refractivity contribution in [3.8, 4) is 16.9 Å². The van der Waals surface area contributed by atoms with Crippen molar-refractivity contribution >= 4 is 39.6 Å². The molecule has 0 aliphatic carbocycles. The van der Waals surface area contributed by atoms with Gasteiger partial charge >= 0.3 is 7.82 Å². The number of ether oxygens (including phenoxy) is 1. The van der Waals surface area contributed by atoms with Crippen LogP contribution in [0.5, 0.6) is 5.75 Å². The van der Waals surface area contributed by atoms with E-state index in [1.165, 1.54) is 0 Å². The van der Waals surface area contributed by atoms with Gasteiger partial charge in [-0.05, 0) is 78.2 Å². The molecule has 0 spiro atoms. The quantitative estimate of drug-likeness (QED) is 0.106. The Morgan fingerprint density at radius 1 is 1.02 bits per heavy atom. The molecule has 252 valence electrons. The van der Waals surface area contributed by atoms with E-state index in [0.29, 0.717) is 31.0 Å². The third kappa shape index (κ3) is 7.20. The fraction of sp³-hybridized carbons (Fsp3) is 0.500. The highest BCUT2D eigenvalue weighted by Gasteiger charge is 2.54. The van der Waals surface area contributed by atoms with Crippen LogP contribution in [0, 0.1) is 17.8 Å². The molecule has 46 heavy (non-hydrogen) atoms. The molecule has 2 aromatic heterocycles. The first-order valence-electron chi connectivity index (χ1n) is 15.5. The highest BCUT2D eigenvalue weighted by Crippen LogP contribution is 2.51. The second-order valence-electron chi connectivity index (χ2n) is 14.1. The number of fused-ring (bicyclic) bond motifs is 3. The van der Waals surface area contributed by atoms with E-state index in [9.17, 15) is 22.8 Å². The number of aromatic nitrogens is 2. The Kier molecular flexibility index (Phi) is 10.2. The molecule has 4 aromatic rings. The number of sulfone groups is 1. The van der Waals surface area contributed by atoms with Gasteiger partial charge in [0.25, 0.3) is 0 Å². The van der Waals surface area contributed by atoms with Gasteiger partial charge in [-0.1, -0.05) is 60.6 Å². The molecule has 0 amide bonds. The zero-order valence-electron chi connectivity index (χ0n) is 28.3. The molecule has 2 heterocycles. The maximum atomic E-state index is 12.7. The normalized spacial score (nSPS) is 13.7. The van der Waals surface area contributed by atoms with Crippen molar-refractivity contribution in [1.82, 2.24) is 14.9 Å². The van der Waals surface area contributed by atoms with Gasteiger partial charge in [0.2, 0.25) is 0 Å². The number of hydrogen-bond donors (Lipinski definition) is 3. The summed E-state index contributed by atoms with van der Waals surface area (Å²) < 4.78 is 48.6. The Labute approximate surface area is 272 Å². The van der Waals surface area contributed by atoms with Gasteiger partial charge in [-0.3, -0.25) is 9.42 Å². The summed E-state index contributed by atoms with van der Waals surface area (Å²) in [5.41, 5.74) is 2.66. The number of rotatable bonds is 12. The number of pyridine rings is 1. The second-order valence-corrected chi connectivity index (χ2v) is 17.6. The van der Waals surface area contributed by atoms with Crippen LogP contribution in [0.2, 0.25) is 0 Å². The van der Waals surface area contributed by atoms with Crippen molar-refractivity contribution in [2.75, 3.05) is 32.6 Å². The smallest absolute Gasteiger partial charge is 0.469 e. The van der Waals surface area contributed by atoms with Crippen LogP contribution in [0.3, 0.4) is 0 Å². The molecule has 0 atom stereocenters. The number of nitrogens with zero attached hydrogens (tertiary/aromatic N) is 2. The molecule has 0 unspecified atom stereocenters. The van der Waals surface area contributed by atoms with Crippen LogP contribution < -0.4 is 4.74 Å². The van der Waals surface area contributed by atoms with Crippen LogP contribution in [0.15, 0.2) is 53.6 Å². The molecule has 2 aromatic carbocycles. The molecule has 4 rings (SSSR count). The lowest BCUT2D eigenvalue weighted by molar-refractivity contribution is -0.106. The molecule has 0 aliphatic heterocycles. The average molecular weight is 674 g/mol. The van der Waals surface area contributed by atoms with Crippen LogP contribution >= 0.6 is 7.82 Å². The lowest BCUT2D eigenvalue weighted by atomic mass is 9.59. The summed E-state index contributed by atoms with van der Waals surface area (Å²) in [5.74, 6) is 0.671. The fourth-order valence-corrected chi connectivity index (χ4v) is 8.30. The van der Waals surface area contributed by atoms with Crippen molar-refractivity contribution in [3.63, 3.8) is 0 Å². The first-order chi connectivity index (χ1) is 21.2. The highest BCUT2D eigenvalue weighted by atomic mass is 32.2. The number of phosphoric ester groups is 1. The summed E-state index contributed by atoms with van der Waals surface area (Å²) in [6, 6.07) is 12.9. The van der Waals surface area contributed by atoms with Crippen LogP contribution in [-0.4, -0.2) is 71.2 Å². The lowest BCUT2D eigenvalue weighted by Crippen LogP contribution is -2.66. The molecule has 0 saturated carbocycles. The Hall–Kier alpha value is -2.79. The van der Waals surface area contributed by atoms with Crippen LogP contribution in [0.25, 0.3) is 33.1 Å². The zero-order chi connectivity index (χ0) is 34.3. The number of benzene rings is 2. The largest absolute Gasteiger partial charge is 0.491 e. The molecule has 0 radical (unpaired) electrons. The molecular formula is C34H48N3O7PS. The van der Waals surface area contributed by atoms with Gasteiger partial charge in [-0.2, -0.15) is 0 Å². The topological polar surface area (TPSA) is 142 Å². The van der Waals surface area contributed by atoms with Crippen molar-refractivity contribution in [3.05, 3.63) is 54.2 Å². The predicted octanol–water partition coefficient (Wildman–Crippen LogP) is 7.13. The Balaban J connectivity index is 1.66. The summed E-state index contributed by atoms with van der Waals surface area (Å²) in [7, 11) is -6.10. The standard InChI is InChI=1S/C34H48N3O7PS/c1-10-46(41,42)25-14-11-13-24(20-25)26-15-16-28(30-29(26)27-19-23(2)21-35-31(27)36-30)43-18-12-17-37(9)34(32(3,4)5,33(6,7)8)22-44-45(38,39)40/h11,13-16,19-21H,10,12,17-18,22H2,1-9H3,(H,35,36)(H2,38,39,40). The third-order valence-electron chi connectivity index (χ3n) is 9.06. The fourth-order valence-electron chi connectivity index (χ4n) is 7.02. The van der Waals surface area contributed by atoms with Crippen LogP contribution in [0.4, 0.5) is 0 Å². The molecule has 10 nitrogen and oxygen atoms in total. The zero-order valence-corrected chi connectivity index (χ0v) is 30.1. The van der Waals surface area contributed by atoms with E-state index in [1.54, 1.807) is 31.3 Å². The number of H-pyrrole nitrogens is 1. The van der Waals surface area contributed by atoms with Crippen LogP contribution in [-0.2, 0) is 18.9 Å². The molecule has 12 heteroatoms. The maximum absolute atomic E-state index is 12.7. The van der Waals surface area contributed by atoms with E-state index in [1.807, 2.05) is 32.2 Å². The first-order valence-corrected chi connectivity index (χ1v) is 18.7. The lowest BCUT2D eigenvalue weighted by Gasteiger charge is -2.58. The molecule has 0 aliphatic rings. The van der Waals surface area contributed by atoms with E-state index in [-0.39, 0.29) is 28.1 Å². The predicted molar refractivity (Wildman–Crippen MR) is 184 cm³/mol. The van der Waals surface area contributed by atoms with E-state index in [0.717, 1.165) is 33.0 Å². The van der Waals surface area contributed by atoms with Gasteiger partial charge < -0.3 is 19.5 Å². The third-order valence-corrected chi connectivity index (χ3v) is 11.3. The Morgan fingerprint density at radius 2 is 1.70 bits per heavy atom. The number of aryl methyl sites for hydroxylation is 1. The molecular weight excluding hydrogens is 625 g/mol. The van der Waals surface area contributed by atoms with E-state index in [4.69, 9.17) is 9.26 Å². The van der Waals surface area contributed by atoms with Crippen molar-refractivity contribution in [2.45, 2.75) is 72.2 Å². The number of aromatic amines is 1. The summed E-state index contributed by atoms with van der Waals surface area (Å²) in [4.78, 5) is 29.6. The molecule has 3 N–H and O–H groups in total. The number of hydrogen-bond acceptors (Lipinski definition) is 7. The SMILES string of the molecule is CCS(=O)(=O)c1cccc(-c2ccc(OCCCN(C)C(COP(=O)(O)O)(C(C)(C)C)C(C)(C)C)c3[nH]c4ncc(C)cc4c23)c1. The summed E-state index contributed by atoms with van der Waals surface area (Å²) in [6.45, 7) is 16.8. The second kappa shape index (κ2) is 13.0. The minimum atomic E-state index is -4.68. The van der Waals surface area contributed by atoms with Crippen molar-refractivity contribution in [2.24, 2.45) is 10.8 Å². The average Bonchev–Trinajstić information content (AvgIpc) is 3.32. The summed E-state index contributed by atoms with van der Waals surface area (Å²) in [5, 5.41) is 1.82. The van der Waals surface area contributed by atoms with Gasteiger partial charge in [0.1, 0.15) is 11.4 Å². The van der Waals surface area contributed by atoms with E-state index in [2.05, 4.69) is 62.5 Å². The Bertz CT molecular complexity index is 1850. The Morgan fingerprint density at radius 3 is 2.30 bits per heavy atom. The molecule has 0 saturated heterocycles. The van der Waals surface area contributed by atoms with Crippen molar-refractivity contribution < 1.29 is 32.0 Å². The molecule has 0 fully saturated rings. The number of phosphoric acid groups is 1. The molecule has 0 bridgehead atoms. The van der Waals surface area contributed by atoms with Gasteiger partial charge in [-0.25, -0.2) is 18.0 Å². The minimum Gasteiger partial charge on any atom is -0.491 e. The highest BCUT2D eigenvalue weighted by molar-refractivity contribution is 7.91. The van der Waals surface area contributed by atoms with E-state index >= 15 is 0 Å². The van der Waals surface area contributed by atoms with Crippen molar-refractivity contribution in [1.29, 1.82) is 0 Å². The van der Waals surface area contributed by atoms with E-state index < -0.39 is 23.2 Å². The summed E-state index contributed by atoms with van der Waals surface area (Å²) in [6.07, 6.45) is 2.44. The monoisotopic (exact) mass is 673 g/mol. The number of likely N-dealkylation sites (N-methyl/N-ethyl adjacent to an activating group) is 1. The summed E-state index contributed by atoms with van der Waals surface area (Å²) >= 11 is 0. The minimum absolute atomic E-state index is 0.0212. The van der Waals surface area contributed by atoms with Gasteiger partial charge in [-0.15, -0.1) is 0 Å². The van der Waals surface area contributed by atoms with Gasteiger partial charge in [0, 0.05) is 23.5 Å².